The summed E-state index contributed by atoms with van der Waals surface area (Å²) in [6, 6.07) is 0. The fraction of sp³-hybridized carbons (Fsp3) is 0.600. The smallest absolute Gasteiger partial charge is 0.225 e. The van der Waals surface area contributed by atoms with Gasteiger partial charge in [-0.05, 0) is 28.3 Å². The van der Waals surface area contributed by atoms with Crippen LogP contribution >= 0.6 is 15.9 Å². The number of aromatic nitrogens is 2. The third-order valence-electron chi connectivity index (χ3n) is 2.52. The van der Waals surface area contributed by atoms with E-state index in [0.29, 0.717) is 0 Å². The molecule has 1 aromatic heterocycles. The fourth-order valence-electron chi connectivity index (χ4n) is 1.39. The van der Waals surface area contributed by atoms with Gasteiger partial charge in [0.15, 0.2) is 0 Å². The second kappa shape index (κ2) is 4.26. The maximum absolute atomic E-state index is 4.24. The Labute approximate surface area is 92.7 Å². The van der Waals surface area contributed by atoms with Crippen molar-refractivity contribution in [3.05, 3.63) is 16.9 Å². The van der Waals surface area contributed by atoms with Gasteiger partial charge in [-0.2, -0.15) is 0 Å². The van der Waals surface area contributed by atoms with Gasteiger partial charge >= 0.3 is 0 Å². The molecule has 0 amide bonds. The minimum absolute atomic E-state index is 0.814. The van der Waals surface area contributed by atoms with Crippen LogP contribution in [-0.2, 0) is 0 Å². The zero-order valence-electron chi connectivity index (χ0n) is 8.28. The van der Waals surface area contributed by atoms with Gasteiger partial charge in [0, 0.05) is 26.0 Å². The molecular formula is C10H14BrN3. The van der Waals surface area contributed by atoms with Crippen LogP contribution in [0.5, 0.6) is 0 Å². The molecule has 3 nitrogen and oxygen atoms in total. The van der Waals surface area contributed by atoms with Gasteiger partial charge in [0.25, 0.3) is 0 Å². The summed E-state index contributed by atoms with van der Waals surface area (Å²) < 4.78 is 0.928. The van der Waals surface area contributed by atoms with Gasteiger partial charge < -0.3 is 4.90 Å². The first-order chi connectivity index (χ1) is 6.75. The minimum Gasteiger partial charge on any atom is -0.344 e. The molecule has 0 radical (unpaired) electrons. The Morgan fingerprint density at radius 2 is 2.07 bits per heavy atom. The fourth-order valence-corrected chi connectivity index (χ4v) is 1.59. The highest BCUT2D eigenvalue weighted by molar-refractivity contribution is 9.10. The SMILES string of the molecule is CN(CCC1CC1)c1ncc(Br)cn1. The number of anilines is 1. The van der Waals surface area contributed by atoms with Crippen molar-refractivity contribution in [2.24, 2.45) is 5.92 Å². The van der Waals surface area contributed by atoms with Gasteiger partial charge in [-0.3, -0.25) is 0 Å². The molecule has 1 aliphatic carbocycles. The molecule has 0 unspecified atom stereocenters. The highest BCUT2D eigenvalue weighted by atomic mass is 79.9. The summed E-state index contributed by atoms with van der Waals surface area (Å²) in [5.74, 6) is 1.78. The van der Waals surface area contributed by atoms with E-state index in [1.807, 2.05) is 7.05 Å². The lowest BCUT2D eigenvalue weighted by molar-refractivity contribution is 0.700. The molecule has 0 aliphatic heterocycles. The predicted molar refractivity (Wildman–Crippen MR) is 60.3 cm³/mol. The quantitative estimate of drug-likeness (QED) is 0.828. The predicted octanol–water partition coefficient (Wildman–Crippen LogP) is 2.48. The van der Waals surface area contributed by atoms with Gasteiger partial charge in [0.1, 0.15) is 0 Å². The maximum Gasteiger partial charge on any atom is 0.225 e. The Bertz CT molecular complexity index is 295. The lowest BCUT2D eigenvalue weighted by Gasteiger charge is -2.16. The molecule has 1 aromatic rings. The third kappa shape index (κ3) is 2.67. The molecule has 76 valence electrons. The summed E-state index contributed by atoms with van der Waals surface area (Å²) >= 11 is 3.32. The van der Waals surface area contributed by atoms with Gasteiger partial charge in [0.2, 0.25) is 5.95 Å². The zero-order valence-corrected chi connectivity index (χ0v) is 9.87. The minimum atomic E-state index is 0.814. The van der Waals surface area contributed by atoms with E-state index in [9.17, 15) is 0 Å². The van der Waals surface area contributed by atoms with Crippen LogP contribution in [0.15, 0.2) is 16.9 Å². The van der Waals surface area contributed by atoms with Crippen molar-refractivity contribution in [3.8, 4) is 0 Å². The number of nitrogens with zero attached hydrogens (tertiary/aromatic N) is 3. The van der Waals surface area contributed by atoms with Gasteiger partial charge in [-0.1, -0.05) is 12.8 Å². The van der Waals surface area contributed by atoms with E-state index in [1.54, 1.807) is 12.4 Å². The molecule has 2 rings (SSSR count). The van der Waals surface area contributed by atoms with Crippen LogP contribution < -0.4 is 4.90 Å². The van der Waals surface area contributed by atoms with Gasteiger partial charge in [-0.15, -0.1) is 0 Å². The van der Waals surface area contributed by atoms with E-state index >= 15 is 0 Å². The van der Waals surface area contributed by atoms with Crippen molar-refractivity contribution in [3.63, 3.8) is 0 Å². The molecule has 0 aromatic carbocycles. The first kappa shape index (κ1) is 9.90. The van der Waals surface area contributed by atoms with Crippen molar-refractivity contribution >= 4 is 21.9 Å². The van der Waals surface area contributed by atoms with Crippen molar-refractivity contribution in [1.82, 2.24) is 9.97 Å². The van der Waals surface area contributed by atoms with Gasteiger partial charge in [0.05, 0.1) is 4.47 Å². The molecule has 0 saturated heterocycles. The normalized spacial score (nSPS) is 15.6. The molecule has 14 heavy (non-hydrogen) atoms. The Hall–Kier alpha value is -0.640. The first-order valence-corrected chi connectivity index (χ1v) is 5.73. The molecule has 1 saturated carbocycles. The first-order valence-electron chi connectivity index (χ1n) is 4.94. The van der Waals surface area contributed by atoms with Crippen LogP contribution in [0.25, 0.3) is 0 Å². The number of hydrogen-bond acceptors (Lipinski definition) is 3. The van der Waals surface area contributed by atoms with E-state index in [1.165, 1.54) is 19.3 Å². The Morgan fingerprint density at radius 3 is 2.64 bits per heavy atom. The topological polar surface area (TPSA) is 29.0 Å². The lowest BCUT2D eigenvalue weighted by atomic mass is 10.3. The van der Waals surface area contributed by atoms with Crippen molar-refractivity contribution in [1.29, 1.82) is 0 Å². The maximum atomic E-state index is 4.24. The van der Waals surface area contributed by atoms with E-state index in [-0.39, 0.29) is 0 Å². The second-order valence-electron chi connectivity index (χ2n) is 3.85. The average molecular weight is 256 g/mol. The van der Waals surface area contributed by atoms with Crippen LogP contribution in [-0.4, -0.2) is 23.6 Å². The Balaban J connectivity index is 1.88. The van der Waals surface area contributed by atoms with Crippen molar-refractivity contribution < 1.29 is 0 Å². The molecule has 0 N–H and O–H groups in total. The average Bonchev–Trinajstić information content (AvgIpc) is 2.99. The number of hydrogen-bond donors (Lipinski definition) is 0. The second-order valence-corrected chi connectivity index (χ2v) is 4.77. The summed E-state index contributed by atoms with van der Waals surface area (Å²) in [6.07, 6.45) is 7.67. The van der Waals surface area contributed by atoms with Gasteiger partial charge in [-0.25, -0.2) is 9.97 Å². The zero-order chi connectivity index (χ0) is 9.97. The molecule has 0 bridgehead atoms. The molecule has 0 spiro atoms. The number of halogens is 1. The highest BCUT2D eigenvalue weighted by Crippen LogP contribution is 2.32. The van der Waals surface area contributed by atoms with Crippen molar-refractivity contribution in [2.45, 2.75) is 19.3 Å². The van der Waals surface area contributed by atoms with Crippen molar-refractivity contribution in [2.75, 3.05) is 18.5 Å². The summed E-state index contributed by atoms with van der Waals surface area (Å²) in [5, 5.41) is 0. The molecule has 1 fully saturated rings. The molecule has 4 heteroatoms. The van der Waals surface area contributed by atoms with Crippen LogP contribution in [0.2, 0.25) is 0 Å². The molecule has 0 atom stereocenters. The molecule has 1 heterocycles. The largest absolute Gasteiger partial charge is 0.344 e. The van der Waals surface area contributed by atoms with E-state index in [4.69, 9.17) is 0 Å². The van der Waals surface area contributed by atoms with Crippen LogP contribution in [0.4, 0.5) is 5.95 Å². The molecule has 1 aliphatic rings. The van der Waals surface area contributed by atoms with Crippen LogP contribution in [0, 0.1) is 5.92 Å². The lowest BCUT2D eigenvalue weighted by Crippen LogP contribution is -2.21. The van der Waals surface area contributed by atoms with E-state index < -0.39 is 0 Å². The monoisotopic (exact) mass is 255 g/mol. The highest BCUT2D eigenvalue weighted by Gasteiger charge is 2.21. The van der Waals surface area contributed by atoms with Crippen LogP contribution in [0.1, 0.15) is 19.3 Å². The summed E-state index contributed by atoms with van der Waals surface area (Å²) in [5.41, 5.74) is 0. The number of rotatable bonds is 4. The molecular weight excluding hydrogens is 242 g/mol. The van der Waals surface area contributed by atoms with E-state index in [0.717, 1.165) is 22.9 Å². The standard InChI is InChI=1S/C10H14BrN3/c1-14(5-4-8-2-3-8)10-12-6-9(11)7-13-10/h6-8H,2-5H2,1H3. The Kier molecular flexibility index (Phi) is 3.01. The summed E-state index contributed by atoms with van der Waals surface area (Å²) in [4.78, 5) is 10.6. The van der Waals surface area contributed by atoms with E-state index in [2.05, 4.69) is 30.8 Å². The Morgan fingerprint density at radius 1 is 1.43 bits per heavy atom. The third-order valence-corrected chi connectivity index (χ3v) is 2.93. The van der Waals surface area contributed by atoms with Crippen LogP contribution in [0.3, 0.4) is 0 Å². The summed E-state index contributed by atoms with van der Waals surface area (Å²) in [6.45, 7) is 1.06. The summed E-state index contributed by atoms with van der Waals surface area (Å²) in [7, 11) is 2.05.